The first-order chi connectivity index (χ1) is 9.20. The van der Waals surface area contributed by atoms with Crippen molar-refractivity contribution >= 4 is 17.3 Å². The minimum Gasteiger partial charge on any atom is -0.397 e. The first-order valence-electron chi connectivity index (χ1n) is 7.12. The average molecular weight is 261 g/mol. The van der Waals surface area contributed by atoms with Crippen LogP contribution in [0.1, 0.15) is 43.0 Å². The van der Waals surface area contributed by atoms with Crippen molar-refractivity contribution in [2.45, 2.75) is 32.6 Å². The minimum absolute atomic E-state index is 0.0523. The summed E-state index contributed by atoms with van der Waals surface area (Å²) in [6.07, 6.45) is 5.25. The number of amides is 1. The number of nitrogens with two attached hydrogens (primary N) is 1. The summed E-state index contributed by atoms with van der Waals surface area (Å²) in [5.74, 6) is 0.907. The lowest BCUT2D eigenvalue weighted by Gasteiger charge is -2.11. The van der Waals surface area contributed by atoms with E-state index in [1.807, 2.05) is 13.0 Å². The maximum Gasteiger partial charge on any atom is 0.251 e. The Kier molecular flexibility index (Phi) is 4.66. The molecule has 1 aromatic rings. The third-order valence-electron chi connectivity index (χ3n) is 3.45. The standard InChI is InChI=1S/C15H23N3O/c1-2-17-15(19)12-7-8-13(16)14(10-12)18-9-3-4-11-5-6-11/h7-8,10-11,18H,2-6,9,16H2,1H3,(H,17,19). The Morgan fingerprint density at radius 3 is 2.89 bits per heavy atom. The molecule has 0 spiro atoms. The molecule has 0 radical (unpaired) electrons. The van der Waals surface area contributed by atoms with Crippen LogP contribution in [-0.2, 0) is 0 Å². The molecule has 1 fully saturated rings. The van der Waals surface area contributed by atoms with Crippen molar-refractivity contribution in [1.29, 1.82) is 0 Å². The lowest BCUT2D eigenvalue weighted by molar-refractivity contribution is 0.0956. The van der Waals surface area contributed by atoms with Crippen molar-refractivity contribution in [2.75, 3.05) is 24.1 Å². The van der Waals surface area contributed by atoms with E-state index in [4.69, 9.17) is 5.73 Å². The molecule has 1 aromatic carbocycles. The molecule has 4 heteroatoms. The van der Waals surface area contributed by atoms with Crippen LogP contribution in [0.4, 0.5) is 11.4 Å². The second-order valence-electron chi connectivity index (χ2n) is 5.17. The number of hydrogen-bond donors (Lipinski definition) is 3. The second kappa shape index (κ2) is 6.45. The normalized spacial score (nSPS) is 14.2. The van der Waals surface area contributed by atoms with Gasteiger partial charge in [0, 0.05) is 18.7 Å². The number of carbonyl (C=O) groups is 1. The molecule has 1 aliphatic carbocycles. The van der Waals surface area contributed by atoms with E-state index in [0.717, 1.165) is 24.6 Å². The van der Waals surface area contributed by atoms with Crippen molar-refractivity contribution in [3.63, 3.8) is 0 Å². The molecule has 0 heterocycles. The maximum atomic E-state index is 11.8. The smallest absolute Gasteiger partial charge is 0.251 e. The van der Waals surface area contributed by atoms with Crippen LogP contribution in [0.3, 0.4) is 0 Å². The minimum atomic E-state index is -0.0523. The van der Waals surface area contributed by atoms with Crippen molar-refractivity contribution in [1.82, 2.24) is 5.32 Å². The van der Waals surface area contributed by atoms with Gasteiger partial charge in [0.15, 0.2) is 0 Å². The largest absolute Gasteiger partial charge is 0.397 e. The molecule has 0 bridgehead atoms. The summed E-state index contributed by atoms with van der Waals surface area (Å²) in [5, 5.41) is 6.12. The van der Waals surface area contributed by atoms with Gasteiger partial charge in [-0.3, -0.25) is 4.79 Å². The Hall–Kier alpha value is -1.71. The number of nitrogen functional groups attached to an aromatic ring is 1. The van der Waals surface area contributed by atoms with Gasteiger partial charge in [0.1, 0.15) is 0 Å². The van der Waals surface area contributed by atoms with Crippen LogP contribution >= 0.6 is 0 Å². The van der Waals surface area contributed by atoms with E-state index in [1.54, 1.807) is 12.1 Å². The fourth-order valence-corrected chi connectivity index (χ4v) is 2.13. The number of anilines is 2. The zero-order valence-corrected chi connectivity index (χ0v) is 11.5. The number of nitrogens with one attached hydrogen (secondary N) is 2. The summed E-state index contributed by atoms with van der Waals surface area (Å²) in [7, 11) is 0. The lowest BCUT2D eigenvalue weighted by atomic mass is 10.1. The van der Waals surface area contributed by atoms with Gasteiger partial charge in [-0.05, 0) is 43.9 Å². The Bertz CT molecular complexity index is 441. The van der Waals surface area contributed by atoms with Gasteiger partial charge in [0.05, 0.1) is 11.4 Å². The van der Waals surface area contributed by atoms with E-state index in [-0.39, 0.29) is 5.91 Å². The molecule has 2 rings (SSSR count). The molecule has 0 atom stereocenters. The first kappa shape index (κ1) is 13.7. The molecule has 19 heavy (non-hydrogen) atoms. The van der Waals surface area contributed by atoms with Gasteiger partial charge in [0.25, 0.3) is 5.91 Å². The van der Waals surface area contributed by atoms with Crippen LogP contribution in [0.15, 0.2) is 18.2 Å². The van der Waals surface area contributed by atoms with Crippen molar-refractivity contribution in [2.24, 2.45) is 5.92 Å². The van der Waals surface area contributed by atoms with Crippen LogP contribution < -0.4 is 16.4 Å². The number of hydrogen-bond acceptors (Lipinski definition) is 3. The summed E-state index contributed by atoms with van der Waals surface area (Å²) in [6, 6.07) is 5.38. The highest BCUT2D eigenvalue weighted by atomic mass is 16.1. The monoisotopic (exact) mass is 261 g/mol. The Morgan fingerprint density at radius 1 is 1.42 bits per heavy atom. The molecule has 1 aliphatic rings. The number of carbonyl (C=O) groups excluding carboxylic acids is 1. The molecule has 0 aliphatic heterocycles. The summed E-state index contributed by atoms with van der Waals surface area (Å²) in [6.45, 7) is 3.46. The number of benzene rings is 1. The molecule has 1 amide bonds. The fourth-order valence-electron chi connectivity index (χ4n) is 2.13. The highest BCUT2D eigenvalue weighted by Crippen LogP contribution is 2.33. The van der Waals surface area contributed by atoms with Gasteiger partial charge < -0.3 is 16.4 Å². The molecule has 104 valence electrons. The van der Waals surface area contributed by atoms with Crippen LogP contribution in [0.2, 0.25) is 0 Å². The van der Waals surface area contributed by atoms with Gasteiger partial charge in [-0.25, -0.2) is 0 Å². The summed E-state index contributed by atoms with van der Waals surface area (Å²) >= 11 is 0. The van der Waals surface area contributed by atoms with E-state index in [0.29, 0.717) is 17.8 Å². The van der Waals surface area contributed by atoms with Crippen LogP contribution in [-0.4, -0.2) is 19.0 Å². The van der Waals surface area contributed by atoms with Crippen LogP contribution in [0.5, 0.6) is 0 Å². The number of rotatable bonds is 7. The van der Waals surface area contributed by atoms with Crippen molar-refractivity contribution in [3.05, 3.63) is 23.8 Å². The SMILES string of the molecule is CCNC(=O)c1ccc(N)c(NCCCC2CC2)c1. The van der Waals surface area contributed by atoms with E-state index in [1.165, 1.54) is 19.3 Å². The molecular weight excluding hydrogens is 238 g/mol. The molecule has 0 saturated heterocycles. The predicted molar refractivity (Wildman–Crippen MR) is 79.3 cm³/mol. The van der Waals surface area contributed by atoms with Gasteiger partial charge >= 0.3 is 0 Å². The van der Waals surface area contributed by atoms with Crippen LogP contribution in [0, 0.1) is 5.92 Å². The molecule has 1 saturated carbocycles. The van der Waals surface area contributed by atoms with E-state index in [2.05, 4.69) is 10.6 Å². The van der Waals surface area contributed by atoms with Crippen molar-refractivity contribution < 1.29 is 4.79 Å². The van der Waals surface area contributed by atoms with E-state index in [9.17, 15) is 4.79 Å². The molecule has 0 aromatic heterocycles. The van der Waals surface area contributed by atoms with Crippen molar-refractivity contribution in [3.8, 4) is 0 Å². The average Bonchev–Trinajstić information content (AvgIpc) is 3.21. The molecular formula is C15H23N3O. The molecule has 4 nitrogen and oxygen atoms in total. The second-order valence-corrected chi connectivity index (χ2v) is 5.17. The third kappa shape index (κ3) is 4.16. The summed E-state index contributed by atoms with van der Waals surface area (Å²) in [4.78, 5) is 11.8. The van der Waals surface area contributed by atoms with Gasteiger partial charge in [-0.2, -0.15) is 0 Å². The predicted octanol–water partition coefficient (Wildman–Crippen LogP) is 2.62. The Morgan fingerprint density at radius 2 is 2.21 bits per heavy atom. The lowest BCUT2D eigenvalue weighted by Crippen LogP contribution is -2.22. The molecule has 4 N–H and O–H groups in total. The maximum absolute atomic E-state index is 11.8. The molecule has 0 unspecified atom stereocenters. The van der Waals surface area contributed by atoms with E-state index >= 15 is 0 Å². The van der Waals surface area contributed by atoms with E-state index < -0.39 is 0 Å². The Balaban J connectivity index is 1.89. The third-order valence-corrected chi connectivity index (χ3v) is 3.45. The van der Waals surface area contributed by atoms with Gasteiger partial charge in [-0.1, -0.05) is 12.8 Å². The summed E-state index contributed by atoms with van der Waals surface area (Å²) < 4.78 is 0. The fraction of sp³-hybridized carbons (Fsp3) is 0.533. The van der Waals surface area contributed by atoms with Gasteiger partial charge in [0.2, 0.25) is 0 Å². The van der Waals surface area contributed by atoms with Crippen LogP contribution in [0.25, 0.3) is 0 Å². The van der Waals surface area contributed by atoms with Gasteiger partial charge in [-0.15, -0.1) is 0 Å². The Labute approximate surface area is 114 Å². The quantitative estimate of drug-likeness (QED) is 0.522. The first-order valence-corrected chi connectivity index (χ1v) is 7.12. The zero-order chi connectivity index (χ0) is 13.7. The highest BCUT2D eigenvalue weighted by Gasteiger charge is 2.19. The zero-order valence-electron chi connectivity index (χ0n) is 11.5. The highest BCUT2D eigenvalue weighted by molar-refractivity contribution is 5.96. The topological polar surface area (TPSA) is 67.2 Å². The summed E-state index contributed by atoms with van der Waals surface area (Å²) in [5.41, 5.74) is 8.13.